The zero-order valence-electron chi connectivity index (χ0n) is 16.3. The quantitative estimate of drug-likeness (QED) is 0.295. The van der Waals surface area contributed by atoms with Crippen LogP contribution < -0.4 is 43.8 Å². The number of nitrogens with zero attached hydrogens (tertiary/aromatic N) is 3. The summed E-state index contributed by atoms with van der Waals surface area (Å²) in [5.41, 5.74) is -0.125. The molecule has 0 aliphatic heterocycles. The Morgan fingerprint density at radius 1 is 1.23 bits per heavy atom. The maximum absolute atomic E-state index is 12.1. The minimum absolute atomic E-state index is 0. The van der Waals surface area contributed by atoms with Gasteiger partial charge in [0, 0.05) is 6.07 Å². The fourth-order valence-corrected chi connectivity index (χ4v) is 2.91. The summed E-state index contributed by atoms with van der Waals surface area (Å²) < 4.78 is 42.1. The molecular weight excluding hydrogens is 495 g/mol. The number of para-hydroxylation sites is 1. The van der Waals surface area contributed by atoms with Gasteiger partial charge in [-0.05, 0) is 34.5 Å². The van der Waals surface area contributed by atoms with E-state index in [-0.39, 0.29) is 59.3 Å². The number of aromatic nitrogens is 2. The third-order valence-electron chi connectivity index (χ3n) is 3.03. The van der Waals surface area contributed by atoms with Crippen LogP contribution in [0.15, 0.2) is 34.9 Å². The molecule has 0 spiro atoms. The van der Waals surface area contributed by atoms with E-state index in [2.05, 4.69) is 35.9 Å². The summed E-state index contributed by atoms with van der Waals surface area (Å²) in [6, 6.07) is 5.63. The second kappa shape index (κ2) is 12.1. The van der Waals surface area contributed by atoms with Gasteiger partial charge >= 0.3 is 45.8 Å². The number of nitrogens with one attached hydrogen (secondary N) is 1. The number of anilines is 1. The van der Waals surface area contributed by atoms with E-state index in [1.807, 2.05) is 6.92 Å². The Balaban J connectivity index is 0.00000450. The van der Waals surface area contributed by atoms with Gasteiger partial charge in [-0.25, -0.2) is 9.78 Å². The number of urea groups is 1. The second-order valence-electron chi connectivity index (χ2n) is 5.22. The Labute approximate surface area is 203 Å². The predicted molar refractivity (Wildman–Crippen MR) is 105 cm³/mol. The molecule has 1 N–H and O–H groups in total. The van der Waals surface area contributed by atoms with Crippen molar-refractivity contribution in [1.29, 1.82) is 0 Å². The van der Waals surface area contributed by atoms with Gasteiger partial charge in [-0.1, -0.05) is 19.1 Å². The second-order valence-corrected chi connectivity index (χ2v) is 7.24. The van der Waals surface area contributed by atoms with Gasteiger partial charge in [0.1, 0.15) is 16.1 Å². The summed E-state index contributed by atoms with van der Waals surface area (Å²) in [7, 11) is -3.40. The molecule has 0 fully saturated rings. The van der Waals surface area contributed by atoms with Crippen molar-refractivity contribution >= 4 is 44.2 Å². The average molecular weight is 511 g/mol. The number of benzene rings is 1. The molecule has 11 nitrogen and oxygen atoms in total. The summed E-state index contributed by atoms with van der Waals surface area (Å²) in [6.07, 6.45) is 0.588. The van der Waals surface area contributed by atoms with Gasteiger partial charge in [-0.3, -0.25) is 9.52 Å². The van der Waals surface area contributed by atoms with E-state index in [1.54, 1.807) is 0 Å². The van der Waals surface area contributed by atoms with E-state index in [4.69, 9.17) is 13.7 Å². The fourth-order valence-electron chi connectivity index (χ4n) is 1.89. The molecule has 14 heteroatoms. The summed E-state index contributed by atoms with van der Waals surface area (Å²) in [4.78, 5) is 31.6. The Bertz CT molecular complexity index is 1010. The number of methoxy groups -OCH3 is 1. The van der Waals surface area contributed by atoms with Crippen molar-refractivity contribution in [1.82, 2.24) is 9.97 Å². The van der Waals surface area contributed by atoms with Gasteiger partial charge in [0.2, 0.25) is 5.88 Å². The van der Waals surface area contributed by atoms with Crippen molar-refractivity contribution in [3.8, 4) is 11.6 Å². The number of amides is 2. The zero-order chi connectivity index (χ0) is 21.4. The van der Waals surface area contributed by atoms with Crippen LogP contribution in [0.1, 0.15) is 23.7 Å². The zero-order valence-corrected chi connectivity index (χ0v) is 20.7. The SMILES string of the molecule is CCCOC(=O)c1ccccc1OS(=O)(=O)[N-]C(=O)Nc1nc(Br)cc(OC)n1.[Na+]. The molecule has 1 aromatic carbocycles. The van der Waals surface area contributed by atoms with Crippen molar-refractivity contribution in [2.45, 2.75) is 13.3 Å². The maximum atomic E-state index is 12.1. The van der Waals surface area contributed by atoms with Crippen LogP contribution in [0.4, 0.5) is 10.7 Å². The molecule has 0 saturated heterocycles. The minimum atomic E-state index is -4.75. The largest absolute Gasteiger partial charge is 1.00 e. The molecule has 2 aromatic rings. The third kappa shape index (κ3) is 8.07. The molecule has 0 saturated carbocycles. The van der Waals surface area contributed by atoms with Gasteiger partial charge in [-0.15, -0.1) is 0 Å². The Morgan fingerprint density at radius 2 is 1.93 bits per heavy atom. The van der Waals surface area contributed by atoms with Crippen molar-refractivity contribution in [2.75, 3.05) is 19.0 Å². The fraction of sp³-hybridized carbons (Fsp3) is 0.250. The van der Waals surface area contributed by atoms with Crippen LogP contribution in [-0.2, 0) is 15.0 Å². The van der Waals surface area contributed by atoms with Gasteiger partial charge < -0.3 is 19.0 Å². The number of halogens is 1. The van der Waals surface area contributed by atoms with Gasteiger partial charge in [-0.2, -0.15) is 13.4 Å². The normalized spacial score (nSPS) is 10.4. The molecule has 30 heavy (non-hydrogen) atoms. The number of esters is 1. The van der Waals surface area contributed by atoms with E-state index in [0.717, 1.165) is 0 Å². The van der Waals surface area contributed by atoms with Gasteiger partial charge in [0.15, 0.2) is 11.8 Å². The molecular formula is C16H16BrN4NaO7S. The van der Waals surface area contributed by atoms with Crippen LogP contribution in [0.5, 0.6) is 11.6 Å². The number of hydrogen-bond acceptors (Lipinski definition) is 9. The smallest absolute Gasteiger partial charge is 0.481 e. The summed E-state index contributed by atoms with van der Waals surface area (Å²) in [6.45, 7) is 1.96. The first kappa shape index (κ1) is 26.1. The molecule has 1 heterocycles. The average Bonchev–Trinajstić information content (AvgIpc) is 2.65. The third-order valence-corrected chi connectivity index (χ3v) is 4.22. The van der Waals surface area contributed by atoms with Crippen LogP contribution in [0.3, 0.4) is 0 Å². The Kier molecular flexibility index (Phi) is 10.5. The number of carbonyl (C=O) groups is 2. The first-order chi connectivity index (χ1) is 13.7. The van der Waals surface area contributed by atoms with E-state index in [9.17, 15) is 18.0 Å². The molecule has 2 amide bonds. The molecule has 0 bridgehead atoms. The van der Waals surface area contributed by atoms with Crippen molar-refractivity contribution < 1.29 is 61.2 Å². The van der Waals surface area contributed by atoms with Crippen molar-refractivity contribution in [3.63, 3.8) is 0 Å². The minimum Gasteiger partial charge on any atom is -0.481 e. The number of ether oxygens (including phenoxy) is 2. The molecule has 156 valence electrons. The summed E-state index contributed by atoms with van der Waals surface area (Å²) in [5, 5.41) is 2.08. The monoisotopic (exact) mass is 510 g/mol. The molecule has 1 aromatic heterocycles. The number of rotatable bonds is 8. The topological polar surface area (TPSA) is 148 Å². The van der Waals surface area contributed by atoms with Crippen LogP contribution in [0, 0.1) is 0 Å². The number of hydrogen-bond donors (Lipinski definition) is 1. The van der Waals surface area contributed by atoms with E-state index in [0.29, 0.717) is 11.0 Å². The maximum Gasteiger partial charge on any atom is 1.00 e. The molecule has 0 unspecified atom stereocenters. The first-order valence-electron chi connectivity index (χ1n) is 8.07. The van der Waals surface area contributed by atoms with E-state index in [1.165, 1.54) is 37.4 Å². The number of carbonyl (C=O) groups excluding carboxylic acids is 2. The van der Waals surface area contributed by atoms with Crippen LogP contribution in [0.25, 0.3) is 4.72 Å². The van der Waals surface area contributed by atoms with Crippen molar-refractivity contribution in [3.05, 3.63) is 45.2 Å². The van der Waals surface area contributed by atoms with Crippen LogP contribution >= 0.6 is 15.9 Å². The van der Waals surface area contributed by atoms with E-state index < -0.39 is 22.3 Å². The molecule has 0 aliphatic rings. The molecule has 0 atom stereocenters. The molecule has 0 radical (unpaired) electrons. The summed E-state index contributed by atoms with van der Waals surface area (Å²) >= 11 is 3.09. The Morgan fingerprint density at radius 3 is 2.60 bits per heavy atom. The predicted octanol–water partition coefficient (Wildman–Crippen LogP) is 0.0479. The van der Waals surface area contributed by atoms with Crippen molar-refractivity contribution in [2.24, 2.45) is 0 Å². The summed E-state index contributed by atoms with van der Waals surface area (Å²) in [5.74, 6) is -1.22. The van der Waals surface area contributed by atoms with E-state index >= 15 is 0 Å². The van der Waals surface area contributed by atoms with Crippen LogP contribution in [0.2, 0.25) is 0 Å². The standard InChI is InChI=1S/C16H17BrN4O7S.Na/c1-3-8-27-14(22)10-6-4-5-7-11(10)28-29(24,25)21-16(23)20-15-18-12(17)9-13(19-15)26-2;/h4-7,9H,3,8H2,1-2H3,(H2,18,19,20,21,23);/q;+1/p-1. The van der Waals surface area contributed by atoms with Crippen LogP contribution in [-0.4, -0.2) is 44.1 Å². The van der Waals surface area contributed by atoms with Gasteiger partial charge in [0.05, 0.1) is 13.7 Å². The Hall–Kier alpha value is -1.93. The molecule has 2 rings (SSSR count). The first-order valence-corrected chi connectivity index (χ1v) is 10.2. The molecule has 0 aliphatic carbocycles. The van der Waals surface area contributed by atoms with Gasteiger partial charge in [0.25, 0.3) is 0 Å².